The number of Topliss-reactive ketones (excluding diaryl/α,β-unsaturated/α-hetero) is 1. The average Bonchev–Trinajstić information content (AvgIpc) is 2.05. The van der Waals surface area contributed by atoms with Crippen molar-refractivity contribution in [1.29, 1.82) is 0 Å². The summed E-state index contributed by atoms with van der Waals surface area (Å²) >= 11 is 0. The molecule has 0 aromatic heterocycles. The standard InChI is InChI=1S/C11H16O/c1-2-3-4-6-10-7-5-8-11(12)9-10/h1,10H,3-9H2. The van der Waals surface area contributed by atoms with Gasteiger partial charge in [-0.2, -0.15) is 0 Å². The minimum absolute atomic E-state index is 0.451. The second-order valence-electron chi connectivity index (χ2n) is 3.60. The molecule has 0 aromatic carbocycles. The lowest BCUT2D eigenvalue weighted by atomic mass is 9.85. The third-order valence-electron chi connectivity index (χ3n) is 2.52. The highest BCUT2D eigenvalue weighted by atomic mass is 16.1. The van der Waals surface area contributed by atoms with Crippen molar-refractivity contribution in [3.8, 4) is 12.3 Å². The number of carbonyl (C=O) groups excluding carboxylic acids is 1. The van der Waals surface area contributed by atoms with Gasteiger partial charge in [-0.3, -0.25) is 4.79 Å². The number of carbonyl (C=O) groups is 1. The highest BCUT2D eigenvalue weighted by molar-refractivity contribution is 5.79. The molecule has 0 spiro atoms. The molecule has 0 radical (unpaired) electrons. The van der Waals surface area contributed by atoms with Crippen LogP contribution in [0.1, 0.15) is 44.9 Å². The summed E-state index contributed by atoms with van der Waals surface area (Å²) in [5.41, 5.74) is 0. The smallest absolute Gasteiger partial charge is 0.133 e. The number of rotatable bonds is 3. The van der Waals surface area contributed by atoms with Crippen LogP contribution in [-0.2, 0) is 4.79 Å². The molecule has 1 aliphatic carbocycles. The maximum atomic E-state index is 11.1. The van der Waals surface area contributed by atoms with E-state index in [1.807, 2.05) is 0 Å². The molecule has 0 heterocycles. The van der Waals surface area contributed by atoms with Gasteiger partial charge in [0, 0.05) is 19.3 Å². The first kappa shape index (κ1) is 9.32. The highest BCUT2D eigenvalue weighted by Gasteiger charge is 2.18. The molecule has 1 nitrogen and oxygen atoms in total. The molecule has 1 saturated carbocycles. The van der Waals surface area contributed by atoms with Crippen LogP contribution in [0.25, 0.3) is 0 Å². The molecule has 0 amide bonds. The fourth-order valence-corrected chi connectivity index (χ4v) is 1.85. The van der Waals surface area contributed by atoms with E-state index in [0.717, 1.165) is 38.5 Å². The molecule has 0 saturated heterocycles. The van der Waals surface area contributed by atoms with Gasteiger partial charge in [-0.15, -0.1) is 12.3 Å². The van der Waals surface area contributed by atoms with E-state index >= 15 is 0 Å². The monoisotopic (exact) mass is 164 g/mol. The van der Waals surface area contributed by atoms with Gasteiger partial charge < -0.3 is 0 Å². The molecule has 0 aromatic rings. The van der Waals surface area contributed by atoms with Crippen LogP contribution >= 0.6 is 0 Å². The van der Waals surface area contributed by atoms with E-state index < -0.39 is 0 Å². The average molecular weight is 164 g/mol. The second kappa shape index (κ2) is 4.98. The summed E-state index contributed by atoms with van der Waals surface area (Å²) in [6, 6.07) is 0. The summed E-state index contributed by atoms with van der Waals surface area (Å²) < 4.78 is 0. The van der Waals surface area contributed by atoms with Crippen molar-refractivity contribution in [2.75, 3.05) is 0 Å². The van der Waals surface area contributed by atoms with Gasteiger partial charge in [-0.25, -0.2) is 0 Å². The van der Waals surface area contributed by atoms with Crippen LogP contribution in [0, 0.1) is 18.3 Å². The number of unbranched alkanes of at least 4 members (excludes halogenated alkanes) is 1. The Morgan fingerprint density at radius 3 is 3.08 bits per heavy atom. The highest BCUT2D eigenvalue weighted by Crippen LogP contribution is 2.25. The normalized spacial score (nSPS) is 23.6. The van der Waals surface area contributed by atoms with Gasteiger partial charge in [0.15, 0.2) is 0 Å². The number of hydrogen-bond donors (Lipinski definition) is 0. The summed E-state index contributed by atoms with van der Waals surface area (Å²) in [7, 11) is 0. The Balaban J connectivity index is 2.15. The summed E-state index contributed by atoms with van der Waals surface area (Å²) in [4.78, 5) is 11.1. The van der Waals surface area contributed by atoms with Gasteiger partial charge in [0.2, 0.25) is 0 Å². The third-order valence-corrected chi connectivity index (χ3v) is 2.52. The van der Waals surface area contributed by atoms with Gasteiger partial charge in [-0.05, 0) is 31.6 Å². The van der Waals surface area contributed by atoms with Crippen molar-refractivity contribution in [2.45, 2.75) is 44.9 Å². The lowest BCUT2D eigenvalue weighted by Crippen LogP contribution is -2.14. The molecule has 1 heteroatoms. The van der Waals surface area contributed by atoms with Gasteiger partial charge in [-0.1, -0.05) is 0 Å². The summed E-state index contributed by atoms with van der Waals surface area (Å²) in [6.45, 7) is 0. The third kappa shape index (κ3) is 3.09. The van der Waals surface area contributed by atoms with E-state index in [0.29, 0.717) is 11.7 Å². The number of terminal acetylenes is 1. The Morgan fingerprint density at radius 2 is 2.42 bits per heavy atom. The van der Waals surface area contributed by atoms with Crippen molar-refractivity contribution in [2.24, 2.45) is 5.92 Å². The Labute approximate surface area is 74.5 Å². The van der Waals surface area contributed by atoms with E-state index in [1.54, 1.807) is 0 Å². The molecule has 1 fully saturated rings. The second-order valence-corrected chi connectivity index (χ2v) is 3.60. The Bertz CT molecular complexity index is 188. The van der Waals surface area contributed by atoms with Crippen molar-refractivity contribution < 1.29 is 4.79 Å². The van der Waals surface area contributed by atoms with Gasteiger partial charge >= 0.3 is 0 Å². The van der Waals surface area contributed by atoms with Gasteiger partial charge in [0.05, 0.1) is 0 Å². The minimum Gasteiger partial charge on any atom is -0.300 e. The van der Waals surface area contributed by atoms with Crippen molar-refractivity contribution in [3.63, 3.8) is 0 Å². The molecule has 12 heavy (non-hydrogen) atoms. The SMILES string of the molecule is C#CCCCC1CCCC(=O)C1. The first-order chi connectivity index (χ1) is 5.83. The maximum Gasteiger partial charge on any atom is 0.133 e. The molecule has 1 atom stereocenters. The van der Waals surface area contributed by atoms with Crippen LogP contribution in [0.2, 0.25) is 0 Å². The summed E-state index contributed by atoms with van der Waals surface area (Å²) in [6.07, 6.45) is 12.2. The Hall–Kier alpha value is -0.770. The van der Waals surface area contributed by atoms with Gasteiger partial charge in [0.25, 0.3) is 0 Å². The predicted octanol–water partition coefficient (Wildman–Crippen LogP) is 2.55. The fourth-order valence-electron chi connectivity index (χ4n) is 1.85. The van der Waals surface area contributed by atoms with Crippen LogP contribution < -0.4 is 0 Å². The molecule has 0 aliphatic heterocycles. The van der Waals surface area contributed by atoms with Crippen LogP contribution in [-0.4, -0.2) is 5.78 Å². The lowest BCUT2D eigenvalue weighted by molar-refractivity contribution is -0.121. The topological polar surface area (TPSA) is 17.1 Å². The largest absolute Gasteiger partial charge is 0.300 e. The first-order valence-electron chi connectivity index (χ1n) is 4.78. The maximum absolute atomic E-state index is 11.1. The van der Waals surface area contributed by atoms with Crippen LogP contribution in [0.15, 0.2) is 0 Å². The lowest BCUT2D eigenvalue weighted by Gasteiger charge is -2.19. The zero-order chi connectivity index (χ0) is 8.81. The molecular weight excluding hydrogens is 148 g/mol. The first-order valence-corrected chi connectivity index (χ1v) is 4.78. The Morgan fingerprint density at radius 1 is 1.58 bits per heavy atom. The fraction of sp³-hybridized carbons (Fsp3) is 0.727. The zero-order valence-electron chi connectivity index (χ0n) is 7.51. The molecule has 0 bridgehead atoms. The van der Waals surface area contributed by atoms with Crippen molar-refractivity contribution in [3.05, 3.63) is 0 Å². The molecule has 1 rings (SSSR count). The van der Waals surface area contributed by atoms with E-state index in [2.05, 4.69) is 5.92 Å². The quantitative estimate of drug-likeness (QED) is 0.463. The minimum atomic E-state index is 0.451. The van der Waals surface area contributed by atoms with Crippen molar-refractivity contribution >= 4 is 5.78 Å². The summed E-state index contributed by atoms with van der Waals surface area (Å²) in [5, 5.41) is 0. The van der Waals surface area contributed by atoms with E-state index in [-0.39, 0.29) is 0 Å². The Kier molecular flexibility index (Phi) is 3.87. The number of hydrogen-bond acceptors (Lipinski definition) is 1. The molecule has 66 valence electrons. The van der Waals surface area contributed by atoms with Gasteiger partial charge in [0.1, 0.15) is 5.78 Å². The van der Waals surface area contributed by atoms with Crippen LogP contribution in [0.3, 0.4) is 0 Å². The van der Waals surface area contributed by atoms with E-state index in [1.165, 1.54) is 6.42 Å². The molecule has 1 aliphatic rings. The van der Waals surface area contributed by atoms with E-state index in [9.17, 15) is 4.79 Å². The zero-order valence-corrected chi connectivity index (χ0v) is 7.51. The van der Waals surface area contributed by atoms with E-state index in [4.69, 9.17) is 6.42 Å². The van der Waals surface area contributed by atoms with Crippen molar-refractivity contribution in [1.82, 2.24) is 0 Å². The molecular formula is C11H16O. The van der Waals surface area contributed by atoms with Crippen LogP contribution in [0.4, 0.5) is 0 Å². The summed E-state index contributed by atoms with van der Waals surface area (Å²) in [5.74, 6) is 3.72. The predicted molar refractivity (Wildman–Crippen MR) is 49.6 cm³/mol. The number of ketones is 1. The molecule has 0 N–H and O–H groups in total. The molecule has 1 unspecified atom stereocenters. The van der Waals surface area contributed by atoms with Crippen LogP contribution in [0.5, 0.6) is 0 Å².